The topological polar surface area (TPSA) is 24.5 Å². The number of methoxy groups -OCH3 is 1. The third kappa shape index (κ3) is 3.15. The zero-order valence-corrected chi connectivity index (χ0v) is 13.3. The number of rotatable bonds is 4. The van der Waals surface area contributed by atoms with Crippen molar-refractivity contribution in [3.05, 3.63) is 35.9 Å². The lowest BCUT2D eigenvalue weighted by Crippen LogP contribution is -2.57. The van der Waals surface area contributed by atoms with Gasteiger partial charge in [-0.15, -0.1) is 0 Å². The first-order chi connectivity index (χ1) is 10.3. The molecule has 1 aliphatic carbocycles. The van der Waals surface area contributed by atoms with E-state index in [0.29, 0.717) is 24.2 Å². The molecule has 0 spiro atoms. The summed E-state index contributed by atoms with van der Waals surface area (Å²) in [7, 11) is 1.88. The van der Waals surface area contributed by atoms with Crippen molar-refractivity contribution in [3.63, 3.8) is 0 Å². The van der Waals surface area contributed by atoms with Gasteiger partial charge >= 0.3 is 0 Å². The molecule has 1 heterocycles. The standard InChI is InChI=1S/C18H28N2O/c1-3-15-12-19-16(14-8-5-4-6-9-14)13-20(15)17-10-7-11-18(17)21-2/h4-6,8-9,15-19H,3,7,10-13H2,1-2H3. The highest BCUT2D eigenvalue weighted by atomic mass is 16.5. The van der Waals surface area contributed by atoms with Crippen LogP contribution in [0.4, 0.5) is 0 Å². The Morgan fingerprint density at radius 2 is 2.05 bits per heavy atom. The minimum absolute atomic E-state index is 0.425. The second-order valence-corrected chi connectivity index (χ2v) is 6.40. The molecule has 3 heteroatoms. The van der Waals surface area contributed by atoms with Crippen molar-refractivity contribution < 1.29 is 4.74 Å². The van der Waals surface area contributed by atoms with E-state index in [4.69, 9.17) is 4.74 Å². The molecule has 0 radical (unpaired) electrons. The van der Waals surface area contributed by atoms with Gasteiger partial charge in [0.2, 0.25) is 0 Å². The first kappa shape index (κ1) is 15.0. The number of hydrogen-bond donors (Lipinski definition) is 1. The van der Waals surface area contributed by atoms with Gasteiger partial charge in [0.15, 0.2) is 0 Å². The summed E-state index contributed by atoms with van der Waals surface area (Å²) in [6.07, 6.45) is 5.45. The Morgan fingerprint density at radius 3 is 2.76 bits per heavy atom. The Hall–Kier alpha value is -0.900. The summed E-state index contributed by atoms with van der Waals surface area (Å²) >= 11 is 0. The number of nitrogens with one attached hydrogen (secondary N) is 1. The Balaban J connectivity index is 1.76. The van der Waals surface area contributed by atoms with Crippen molar-refractivity contribution >= 4 is 0 Å². The van der Waals surface area contributed by atoms with Gasteiger partial charge in [0.25, 0.3) is 0 Å². The molecule has 2 aliphatic rings. The fraction of sp³-hybridized carbons (Fsp3) is 0.667. The summed E-state index contributed by atoms with van der Waals surface area (Å²) in [6, 6.07) is 12.6. The number of benzene rings is 1. The number of nitrogens with zero attached hydrogens (tertiary/aromatic N) is 1. The molecule has 3 nitrogen and oxygen atoms in total. The quantitative estimate of drug-likeness (QED) is 0.922. The zero-order valence-electron chi connectivity index (χ0n) is 13.3. The summed E-state index contributed by atoms with van der Waals surface area (Å²) in [5.74, 6) is 0. The maximum absolute atomic E-state index is 5.75. The molecule has 116 valence electrons. The molecule has 2 fully saturated rings. The summed E-state index contributed by atoms with van der Waals surface area (Å²) in [6.45, 7) is 4.50. The van der Waals surface area contributed by atoms with Gasteiger partial charge in [-0.2, -0.15) is 0 Å². The SMILES string of the molecule is CCC1CNC(c2ccccc2)CN1C1CCCC1OC. The smallest absolute Gasteiger partial charge is 0.0726 e. The molecule has 4 unspecified atom stereocenters. The van der Waals surface area contributed by atoms with E-state index >= 15 is 0 Å². The molecule has 1 aromatic rings. The van der Waals surface area contributed by atoms with Crippen LogP contribution in [-0.4, -0.2) is 43.3 Å². The minimum Gasteiger partial charge on any atom is -0.380 e. The van der Waals surface area contributed by atoms with Crippen LogP contribution in [-0.2, 0) is 4.74 Å². The van der Waals surface area contributed by atoms with Crippen molar-refractivity contribution in [2.24, 2.45) is 0 Å². The average molecular weight is 288 g/mol. The molecule has 0 amide bonds. The molecule has 1 aromatic carbocycles. The van der Waals surface area contributed by atoms with Gasteiger partial charge in [0.05, 0.1) is 6.10 Å². The Bertz CT molecular complexity index is 436. The van der Waals surface area contributed by atoms with Crippen LogP contribution in [0.25, 0.3) is 0 Å². The Kier molecular flexibility index (Phi) is 4.94. The van der Waals surface area contributed by atoms with Crippen LogP contribution in [0, 0.1) is 0 Å². The van der Waals surface area contributed by atoms with Gasteiger partial charge < -0.3 is 10.1 Å². The highest BCUT2D eigenvalue weighted by Crippen LogP contribution is 2.32. The van der Waals surface area contributed by atoms with Crippen LogP contribution in [0.1, 0.15) is 44.2 Å². The fourth-order valence-corrected chi connectivity index (χ4v) is 4.07. The van der Waals surface area contributed by atoms with E-state index in [1.54, 1.807) is 0 Å². The lowest BCUT2D eigenvalue weighted by molar-refractivity contribution is -0.00469. The lowest BCUT2D eigenvalue weighted by Gasteiger charge is -2.45. The molecule has 3 rings (SSSR count). The predicted octanol–water partition coefficient (Wildman–Crippen LogP) is 2.98. The van der Waals surface area contributed by atoms with Gasteiger partial charge in [0, 0.05) is 38.3 Å². The number of piperazine rings is 1. The van der Waals surface area contributed by atoms with Crippen molar-refractivity contribution in [2.45, 2.75) is 56.8 Å². The van der Waals surface area contributed by atoms with Crippen molar-refractivity contribution in [3.8, 4) is 0 Å². The summed E-state index contributed by atoms with van der Waals surface area (Å²) in [4.78, 5) is 2.73. The third-order valence-corrected chi connectivity index (χ3v) is 5.28. The van der Waals surface area contributed by atoms with Gasteiger partial charge in [-0.05, 0) is 31.2 Å². The number of ether oxygens (including phenoxy) is 1. The van der Waals surface area contributed by atoms with E-state index in [-0.39, 0.29) is 0 Å². The van der Waals surface area contributed by atoms with Crippen LogP contribution in [0.2, 0.25) is 0 Å². The molecule has 1 saturated heterocycles. The van der Waals surface area contributed by atoms with Crippen LogP contribution in [0.15, 0.2) is 30.3 Å². The second kappa shape index (κ2) is 6.91. The first-order valence-corrected chi connectivity index (χ1v) is 8.40. The van der Waals surface area contributed by atoms with Gasteiger partial charge in [0.1, 0.15) is 0 Å². The predicted molar refractivity (Wildman–Crippen MR) is 86.4 cm³/mol. The van der Waals surface area contributed by atoms with Crippen LogP contribution in [0.3, 0.4) is 0 Å². The molecule has 1 saturated carbocycles. The third-order valence-electron chi connectivity index (χ3n) is 5.28. The summed E-state index contributed by atoms with van der Waals surface area (Å²) < 4.78 is 5.75. The lowest BCUT2D eigenvalue weighted by atomic mass is 9.97. The molecular weight excluding hydrogens is 260 g/mol. The average Bonchev–Trinajstić information content (AvgIpc) is 3.03. The Labute approximate surface area is 128 Å². The molecule has 0 bridgehead atoms. The van der Waals surface area contributed by atoms with E-state index in [9.17, 15) is 0 Å². The van der Waals surface area contributed by atoms with Crippen LogP contribution in [0.5, 0.6) is 0 Å². The van der Waals surface area contributed by atoms with E-state index in [2.05, 4.69) is 47.5 Å². The molecule has 21 heavy (non-hydrogen) atoms. The molecule has 1 aliphatic heterocycles. The van der Waals surface area contributed by atoms with Crippen molar-refractivity contribution in [1.29, 1.82) is 0 Å². The maximum atomic E-state index is 5.75. The largest absolute Gasteiger partial charge is 0.380 e. The molecule has 4 atom stereocenters. The first-order valence-electron chi connectivity index (χ1n) is 8.40. The second-order valence-electron chi connectivity index (χ2n) is 6.40. The summed E-state index contributed by atoms with van der Waals surface area (Å²) in [5.41, 5.74) is 1.41. The molecule has 0 aromatic heterocycles. The highest BCUT2D eigenvalue weighted by Gasteiger charge is 2.38. The normalized spacial score (nSPS) is 34.2. The highest BCUT2D eigenvalue weighted by molar-refractivity contribution is 5.20. The monoisotopic (exact) mass is 288 g/mol. The van der Waals surface area contributed by atoms with E-state index in [0.717, 1.165) is 13.1 Å². The maximum Gasteiger partial charge on any atom is 0.0726 e. The zero-order chi connectivity index (χ0) is 14.7. The van der Waals surface area contributed by atoms with Gasteiger partial charge in [-0.25, -0.2) is 0 Å². The summed E-state index contributed by atoms with van der Waals surface area (Å²) in [5, 5.41) is 3.74. The molecular formula is C18H28N2O. The van der Waals surface area contributed by atoms with Crippen LogP contribution >= 0.6 is 0 Å². The number of hydrogen-bond acceptors (Lipinski definition) is 3. The minimum atomic E-state index is 0.425. The van der Waals surface area contributed by atoms with Crippen molar-refractivity contribution in [1.82, 2.24) is 10.2 Å². The van der Waals surface area contributed by atoms with Crippen molar-refractivity contribution in [2.75, 3.05) is 20.2 Å². The molecule has 1 N–H and O–H groups in total. The Morgan fingerprint density at radius 1 is 1.24 bits per heavy atom. The van der Waals surface area contributed by atoms with Gasteiger partial charge in [-0.3, -0.25) is 4.90 Å². The van der Waals surface area contributed by atoms with Gasteiger partial charge in [-0.1, -0.05) is 37.3 Å². The van der Waals surface area contributed by atoms with E-state index in [1.165, 1.54) is 31.2 Å². The van der Waals surface area contributed by atoms with E-state index in [1.807, 2.05) is 7.11 Å². The fourth-order valence-electron chi connectivity index (χ4n) is 4.07. The van der Waals surface area contributed by atoms with E-state index < -0.39 is 0 Å². The van der Waals surface area contributed by atoms with Crippen LogP contribution < -0.4 is 5.32 Å².